The van der Waals surface area contributed by atoms with E-state index in [0.29, 0.717) is 19.0 Å². The van der Waals surface area contributed by atoms with E-state index in [1.54, 1.807) is 0 Å². The molecule has 1 aromatic carbocycles. The SMILES string of the molecule is CCNC(=NCc1ccccc1CN1CCN(CC)CC1)NCc1nc(C)c(C)o1.I. The number of benzene rings is 1. The van der Waals surface area contributed by atoms with Gasteiger partial charge in [-0.3, -0.25) is 4.90 Å². The second-order valence-corrected chi connectivity index (χ2v) is 7.78. The van der Waals surface area contributed by atoms with Crippen molar-refractivity contribution in [2.45, 2.75) is 47.3 Å². The Hall–Kier alpha value is -1.65. The highest BCUT2D eigenvalue weighted by Gasteiger charge is 2.16. The van der Waals surface area contributed by atoms with Crippen molar-refractivity contribution >= 4 is 29.9 Å². The molecule has 2 heterocycles. The number of aliphatic imine (C=N–C) groups is 1. The van der Waals surface area contributed by atoms with E-state index in [9.17, 15) is 0 Å². The maximum absolute atomic E-state index is 5.66. The number of nitrogens with zero attached hydrogens (tertiary/aromatic N) is 4. The van der Waals surface area contributed by atoms with Crippen molar-refractivity contribution < 1.29 is 4.42 Å². The minimum absolute atomic E-state index is 0. The van der Waals surface area contributed by atoms with Crippen molar-refractivity contribution in [3.05, 3.63) is 52.7 Å². The number of hydrogen-bond donors (Lipinski definition) is 2. The van der Waals surface area contributed by atoms with Crippen LogP contribution in [-0.4, -0.2) is 60.0 Å². The molecular weight excluding hydrogens is 503 g/mol. The summed E-state index contributed by atoms with van der Waals surface area (Å²) in [7, 11) is 0. The number of hydrogen-bond acceptors (Lipinski definition) is 5. The van der Waals surface area contributed by atoms with Gasteiger partial charge in [0.2, 0.25) is 5.89 Å². The van der Waals surface area contributed by atoms with Gasteiger partial charge in [0.15, 0.2) is 5.96 Å². The zero-order chi connectivity index (χ0) is 21.3. The third-order valence-corrected chi connectivity index (χ3v) is 5.66. The fourth-order valence-corrected chi connectivity index (χ4v) is 3.65. The number of piperazine rings is 1. The van der Waals surface area contributed by atoms with Crippen LogP contribution >= 0.6 is 24.0 Å². The Morgan fingerprint density at radius 1 is 1.03 bits per heavy atom. The zero-order valence-corrected chi connectivity index (χ0v) is 21.6. The van der Waals surface area contributed by atoms with E-state index in [4.69, 9.17) is 9.41 Å². The summed E-state index contributed by atoms with van der Waals surface area (Å²) < 4.78 is 5.66. The molecule has 0 bridgehead atoms. The van der Waals surface area contributed by atoms with Gasteiger partial charge in [0, 0.05) is 39.3 Å². The van der Waals surface area contributed by atoms with Crippen molar-refractivity contribution in [3.8, 4) is 0 Å². The van der Waals surface area contributed by atoms with Crippen molar-refractivity contribution in [3.63, 3.8) is 0 Å². The summed E-state index contributed by atoms with van der Waals surface area (Å²) in [6.07, 6.45) is 0. The van der Waals surface area contributed by atoms with Crippen LogP contribution in [-0.2, 0) is 19.6 Å². The first-order valence-corrected chi connectivity index (χ1v) is 11.1. The Morgan fingerprint density at radius 3 is 2.32 bits per heavy atom. The first-order valence-electron chi connectivity index (χ1n) is 11.1. The van der Waals surface area contributed by atoms with E-state index in [2.05, 4.69) is 63.5 Å². The summed E-state index contributed by atoms with van der Waals surface area (Å²) in [6.45, 7) is 16.9. The smallest absolute Gasteiger partial charge is 0.214 e. The van der Waals surface area contributed by atoms with Gasteiger partial charge in [0.05, 0.1) is 18.8 Å². The fourth-order valence-electron chi connectivity index (χ4n) is 3.65. The van der Waals surface area contributed by atoms with Crippen molar-refractivity contribution in [2.24, 2.45) is 4.99 Å². The maximum atomic E-state index is 5.66. The van der Waals surface area contributed by atoms with Gasteiger partial charge >= 0.3 is 0 Å². The second-order valence-electron chi connectivity index (χ2n) is 7.78. The number of nitrogens with one attached hydrogen (secondary N) is 2. The molecule has 0 radical (unpaired) electrons. The highest BCUT2D eigenvalue weighted by Crippen LogP contribution is 2.15. The Morgan fingerprint density at radius 2 is 1.71 bits per heavy atom. The lowest BCUT2D eigenvalue weighted by Gasteiger charge is -2.34. The molecule has 172 valence electrons. The molecule has 7 nitrogen and oxygen atoms in total. The highest BCUT2D eigenvalue weighted by molar-refractivity contribution is 14.0. The topological polar surface area (TPSA) is 68.9 Å². The standard InChI is InChI=1S/C23H36N6O.HI/c1-5-24-23(26-16-22-27-18(3)19(4)30-22)25-15-20-9-7-8-10-21(20)17-29-13-11-28(6-2)12-14-29;/h7-10H,5-6,11-17H2,1-4H3,(H2,24,25,26);1H. The van der Waals surface area contributed by atoms with Crippen LogP contribution in [0.2, 0.25) is 0 Å². The maximum Gasteiger partial charge on any atom is 0.214 e. The number of rotatable bonds is 8. The van der Waals surface area contributed by atoms with Crippen LogP contribution in [0.4, 0.5) is 0 Å². The van der Waals surface area contributed by atoms with Gasteiger partial charge in [-0.15, -0.1) is 24.0 Å². The molecule has 0 aliphatic carbocycles. The quantitative estimate of drug-likeness (QED) is 0.304. The molecule has 1 aromatic heterocycles. The summed E-state index contributed by atoms with van der Waals surface area (Å²) in [5.41, 5.74) is 3.57. The Balaban J connectivity index is 0.00000341. The second kappa shape index (κ2) is 13.0. The molecule has 3 rings (SSSR count). The van der Waals surface area contributed by atoms with Crippen LogP contribution < -0.4 is 10.6 Å². The van der Waals surface area contributed by atoms with Crippen LogP contribution in [0, 0.1) is 13.8 Å². The van der Waals surface area contributed by atoms with E-state index >= 15 is 0 Å². The molecule has 0 spiro atoms. The van der Waals surface area contributed by atoms with Gasteiger partial charge in [-0.1, -0.05) is 31.2 Å². The molecule has 2 aromatic rings. The van der Waals surface area contributed by atoms with Gasteiger partial charge in [0.1, 0.15) is 5.76 Å². The van der Waals surface area contributed by atoms with Crippen LogP contribution in [0.5, 0.6) is 0 Å². The molecule has 0 saturated carbocycles. The number of guanidine groups is 1. The Bertz CT molecular complexity index is 810. The van der Waals surface area contributed by atoms with Crippen LogP contribution in [0.25, 0.3) is 0 Å². The van der Waals surface area contributed by atoms with Gasteiger partial charge in [-0.05, 0) is 38.4 Å². The first-order chi connectivity index (χ1) is 14.6. The van der Waals surface area contributed by atoms with Gasteiger partial charge < -0.3 is 20.0 Å². The van der Waals surface area contributed by atoms with E-state index in [-0.39, 0.29) is 24.0 Å². The number of aromatic nitrogens is 1. The normalized spacial score (nSPS) is 15.5. The lowest BCUT2D eigenvalue weighted by Crippen LogP contribution is -2.45. The summed E-state index contributed by atoms with van der Waals surface area (Å²) in [4.78, 5) is 14.3. The predicted octanol–water partition coefficient (Wildman–Crippen LogP) is 3.30. The lowest BCUT2D eigenvalue weighted by atomic mass is 10.1. The van der Waals surface area contributed by atoms with Gasteiger partial charge in [-0.2, -0.15) is 0 Å². The van der Waals surface area contributed by atoms with Crippen LogP contribution in [0.1, 0.15) is 42.3 Å². The molecule has 1 aliphatic heterocycles. The molecule has 8 heteroatoms. The molecule has 0 unspecified atom stereocenters. The van der Waals surface area contributed by atoms with E-state index in [1.807, 2.05) is 13.8 Å². The molecule has 1 fully saturated rings. The molecule has 2 N–H and O–H groups in total. The largest absolute Gasteiger partial charge is 0.444 e. The van der Waals surface area contributed by atoms with Crippen molar-refractivity contribution in [1.29, 1.82) is 0 Å². The average Bonchev–Trinajstić information content (AvgIpc) is 3.09. The third kappa shape index (κ3) is 7.76. The minimum Gasteiger partial charge on any atom is -0.444 e. The van der Waals surface area contributed by atoms with E-state index in [0.717, 1.165) is 63.2 Å². The lowest BCUT2D eigenvalue weighted by molar-refractivity contribution is 0.131. The molecule has 1 saturated heterocycles. The molecule has 0 amide bonds. The highest BCUT2D eigenvalue weighted by atomic mass is 127. The van der Waals surface area contributed by atoms with E-state index < -0.39 is 0 Å². The number of likely N-dealkylation sites (N-methyl/N-ethyl adjacent to an activating group) is 1. The molecule has 31 heavy (non-hydrogen) atoms. The summed E-state index contributed by atoms with van der Waals surface area (Å²) in [6, 6.07) is 8.64. The molecular formula is C23H37IN6O. The summed E-state index contributed by atoms with van der Waals surface area (Å²) >= 11 is 0. The Kier molecular flexibility index (Phi) is 10.8. The number of oxazole rings is 1. The van der Waals surface area contributed by atoms with Crippen LogP contribution in [0.3, 0.4) is 0 Å². The van der Waals surface area contributed by atoms with Crippen molar-refractivity contribution in [1.82, 2.24) is 25.4 Å². The zero-order valence-electron chi connectivity index (χ0n) is 19.3. The molecule has 0 atom stereocenters. The predicted molar refractivity (Wildman–Crippen MR) is 137 cm³/mol. The van der Waals surface area contributed by atoms with E-state index in [1.165, 1.54) is 11.1 Å². The van der Waals surface area contributed by atoms with Gasteiger partial charge in [0.25, 0.3) is 0 Å². The average molecular weight is 540 g/mol. The number of halogens is 1. The number of aryl methyl sites for hydroxylation is 2. The minimum atomic E-state index is 0. The van der Waals surface area contributed by atoms with Crippen LogP contribution in [0.15, 0.2) is 33.7 Å². The van der Waals surface area contributed by atoms with Crippen molar-refractivity contribution in [2.75, 3.05) is 39.3 Å². The first kappa shape index (κ1) is 25.6. The third-order valence-electron chi connectivity index (χ3n) is 5.66. The van der Waals surface area contributed by atoms with Gasteiger partial charge in [-0.25, -0.2) is 9.98 Å². The summed E-state index contributed by atoms with van der Waals surface area (Å²) in [5.74, 6) is 2.32. The Labute approximate surface area is 203 Å². The fraction of sp³-hybridized carbons (Fsp3) is 0.565. The monoisotopic (exact) mass is 540 g/mol. The summed E-state index contributed by atoms with van der Waals surface area (Å²) in [5, 5.41) is 6.64. The molecule has 1 aliphatic rings.